The van der Waals surface area contributed by atoms with Crippen LogP contribution in [0.5, 0.6) is 5.75 Å². The quantitative estimate of drug-likeness (QED) is 0.690. The minimum Gasteiger partial charge on any atom is -0.494 e. The Morgan fingerprint density at radius 3 is 2.90 bits per heavy atom. The Kier molecular flexibility index (Phi) is 5.53. The molecule has 7 nitrogen and oxygen atoms in total. The lowest BCUT2D eigenvalue weighted by molar-refractivity contribution is 0.0937. The van der Waals surface area contributed by atoms with E-state index in [2.05, 4.69) is 20.4 Å². The molecule has 8 heteroatoms. The highest BCUT2D eigenvalue weighted by Crippen LogP contribution is 2.20. The van der Waals surface area contributed by atoms with E-state index in [1.165, 1.54) is 19.2 Å². The van der Waals surface area contributed by atoms with Crippen molar-refractivity contribution in [2.24, 2.45) is 0 Å². The summed E-state index contributed by atoms with van der Waals surface area (Å²) < 4.78 is 24.0. The fraction of sp³-hybridized carbons (Fsp3) is 0.286. The number of carbonyl (C=O) groups is 1. The van der Waals surface area contributed by atoms with Crippen LogP contribution in [0.25, 0.3) is 11.5 Å². The molecule has 3 aromatic rings. The van der Waals surface area contributed by atoms with Crippen LogP contribution in [0, 0.1) is 5.82 Å². The molecule has 1 N–H and O–H groups in total. The Morgan fingerprint density at radius 1 is 1.31 bits per heavy atom. The number of aromatic nitrogens is 2. The summed E-state index contributed by atoms with van der Waals surface area (Å²) in [6.45, 7) is 2.01. The first-order chi connectivity index (χ1) is 14.1. The highest BCUT2D eigenvalue weighted by Gasteiger charge is 2.26. The largest absolute Gasteiger partial charge is 0.494 e. The molecule has 1 amide bonds. The van der Waals surface area contributed by atoms with Gasteiger partial charge in [-0.15, -0.1) is 0 Å². The molecule has 0 spiro atoms. The van der Waals surface area contributed by atoms with Gasteiger partial charge in [0, 0.05) is 30.3 Å². The first kappa shape index (κ1) is 19.1. The maximum atomic E-state index is 13.8. The number of likely N-dealkylation sites (tertiary alicyclic amines) is 1. The number of amides is 1. The molecular formula is C21H21FN4O3. The van der Waals surface area contributed by atoms with Crippen LogP contribution in [0.3, 0.4) is 0 Å². The molecule has 0 saturated carbocycles. The predicted octanol–water partition coefficient (Wildman–Crippen LogP) is 2.89. The lowest BCUT2D eigenvalue weighted by atomic mass is 10.1. The topological polar surface area (TPSA) is 80.5 Å². The molecule has 1 aliphatic rings. The van der Waals surface area contributed by atoms with Gasteiger partial charge in [0.2, 0.25) is 0 Å². The maximum Gasteiger partial charge on any atom is 0.257 e. The van der Waals surface area contributed by atoms with E-state index in [1.807, 2.05) is 30.3 Å². The summed E-state index contributed by atoms with van der Waals surface area (Å²) >= 11 is 0. The number of halogens is 1. The molecule has 2 heterocycles. The Hall–Kier alpha value is -3.26. The average molecular weight is 396 g/mol. The zero-order chi connectivity index (χ0) is 20.2. The maximum absolute atomic E-state index is 13.8. The Bertz CT molecular complexity index is 993. The molecule has 0 aliphatic carbocycles. The van der Waals surface area contributed by atoms with Gasteiger partial charge in [-0.2, -0.15) is 4.98 Å². The van der Waals surface area contributed by atoms with Crippen LogP contribution in [0.4, 0.5) is 4.39 Å². The lowest BCUT2D eigenvalue weighted by Crippen LogP contribution is -2.37. The van der Waals surface area contributed by atoms with Crippen LogP contribution < -0.4 is 10.1 Å². The summed E-state index contributed by atoms with van der Waals surface area (Å²) in [4.78, 5) is 19.0. The van der Waals surface area contributed by atoms with Crippen molar-refractivity contribution in [2.45, 2.75) is 19.0 Å². The van der Waals surface area contributed by atoms with E-state index in [-0.39, 0.29) is 23.3 Å². The van der Waals surface area contributed by atoms with Crippen LogP contribution in [-0.4, -0.2) is 47.2 Å². The third-order valence-corrected chi connectivity index (χ3v) is 4.88. The van der Waals surface area contributed by atoms with Gasteiger partial charge in [0.25, 0.3) is 11.8 Å². The van der Waals surface area contributed by atoms with Gasteiger partial charge in [-0.05, 0) is 36.8 Å². The summed E-state index contributed by atoms with van der Waals surface area (Å²) in [7, 11) is 1.39. The van der Waals surface area contributed by atoms with Gasteiger partial charge in [-0.1, -0.05) is 23.4 Å². The summed E-state index contributed by atoms with van der Waals surface area (Å²) in [5.41, 5.74) is 1.15. The molecule has 1 aromatic heterocycles. The Balaban J connectivity index is 1.32. The van der Waals surface area contributed by atoms with Gasteiger partial charge in [-0.3, -0.25) is 9.69 Å². The normalized spacial score (nSPS) is 16.7. The van der Waals surface area contributed by atoms with E-state index in [9.17, 15) is 9.18 Å². The molecule has 0 unspecified atom stereocenters. The second-order valence-corrected chi connectivity index (χ2v) is 6.93. The second kappa shape index (κ2) is 8.40. The number of methoxy groups -OCH3 is 1. The molecule has 2 aromatic carbocycles. The van der Waals surface area contributed by atoms with E-state index >= 15 is 0 Å². The van der Waals surface area contributed by atoms with Gasteiger partial charge in [0.05, 0.1) is 13.7 Å². The van der Waals surface area contributed by atoms with Crippen molar-refractivity contribution in [1.29, 1.82) is 0 Å². The van der Waals surface area contributed by atoms with Gasteiger partial charge >= 0.3 is 0 Å². The average Bonchev–Trinajstić information content (AvgIpc) is 3.38. The molecule has 150 valence electrons. The number of ether oxygens (including phenoxy) is 1. The molecule has 29 heavy (non-hydrogen) atoms. The fourth-order valence-corrected chi connectivity index (χ4v) is 3.39. The number of nitrogens with one attached hydrogen (secondary N) is 1. The summed E-state index contributed by atoms with van der Waals surface area (Å²) in [6.07, 6.45) is 0.799. The lowest BCUT2D eigenvalue weighted by Gasteiger charge is -2.15. The highest BCUT2D eigenvalue weighted by atomic mass is 19.1. The van der Waals surface area contributed by atoms with E-state index in [0.717, 1.165) is 18.5 Å². The van der Waals surface area contributed by atoms with E-state index in [1.54, 1.807) is 6.07 Å². The third kappa shape index (κ3) is 4.43. The van der Waals surface area contributed by atoms with Crippen LogP contribution >= 0.6 is 0 Å². The number of hydrogen-bond acceptors (Lipinski definition) is 6. The van der Waals surface area contributed by atoms with E-state index in [4.69, 9.17) is 9.26 Å². The smallest absolute Gasteiger partial charge is 0.257 e. The number of hydrogen-bond donors (Lipinski definition) is 1. The number of rotatable bonds is 6. The van der Waals surface area contributed by atoms with Crippen LogP contribution in [0.15, 0.2) is 53.1 Å². The van der Waals surface area contributed by atoms with Crippen LogP contribution in [0.2, 0.25) is 0 Å². The number of nitrogens with zero attached hydrogens (tertiary/aromatic N) is 3. The van der Waals surface area contributed by atoms with E-state index in [0.29, 0.717) is 24.8 Å². The minimum atomic E-state index is -0.556. The molecular weight excluding hydrogens is 375 g/mol. The minimum absolute atomic E-state index is 0.0202. The summed E-state index contributed by atoms with van der Waals surface area (Å²) in [5.74, 6) is 0.353. The zero-order valence-electron chi connectivity index (χ0n) is 16.0. The van der Waals surface area contributed by atoms with Crippen molar-refractivity contribution in [1.82, 2.24) is 20.4 Å². The predicted molar refractivity (Wildman–Crippen MR) is 104 cm³/mol. The summed E-state index contributed by atoms with van der Waals surface area (Å²) in [5, 5.41) is 7.00. The Morgan fingerprint density at radius 2 is 2.14 bits per heavy atom. The van der Waals surface area contributed by atoms with Gasteiger partial charge in [-0.25, -0.2) is 4.39 Å². The van der Waals surface area contributed by atoms with E-state index < -0.39 is 5.82 Å². The fourth-order valence-electron chi connectivity index (χ4n) is 3.39. The van der Waals surface area contributed by atoms with Gasteiger partial charge < -0.3 is 14.6 Å². The first-order valence-electron chi connectivity index (χ1n) is 9.37. The molecule has 1 aliphatic heterocycles. The second-order valence-electron chi connectivity index (χ2n) is 6.93. The molecule has 1 atom stereocenters. The van der Waals surface area contributed by atoms with Crippen molar-refractivity contribution >= 4 is 5.91 Å². The number of carbonyl (C=O) groups excluding carboxylic acids is 1. The first-order valence-corrected chi connectivity index (χ1v) is 9.37. The van der Waals surface area contributed by atoms with Crippen molar-refractivity contribution in [3.05, 3.63) is 65.7 Å². The zero-order valence-corrected chi connectivity index (χ0v) is 16.0. The van der Waals surface area contributed by atoms with Gasteiger partial charge in [0.1, 0.15) is 0 Å². The SMILES string of the molecule is COc1ccc(C(=O)N[C@H]2CCN(Cc3noc(-c4ccccc4)n3)C2)cc1F. The third-order valence-electron chi connectivity index (χ3n) is 4.88. The van der Waals surface area contributed by atoms with Crippen molar-refractivity contribution in [3.63, 3.8) is 0 Å². The molecule has 4 rings (SSSR count). The van der Waals surface area contributed by atoms with Gasteiger partial charge in [0.15, 0.2) is 17.4 Å². The van der Waals surface area contributed by atoms with Crippen molar-refractivity contribution in [2.75, 3.05) is 20.2 Å². The van der Waals surface area contributed by atoms with Crippen molar-refractivity contribution in [3.8, 4) is 17.2 Å². The molecule has 0 bridgehead atoms. The number of benzene rings is 2. The highest BCUT2D eigenvalue weighted by molar-refractivity contribution is 5.94. The monoisotopic (exact) mass is 396 g/mol. The Labute approximate surface area is 167 Å². The standard InChI is InChI=1S/C21H21FN4O3/c1-28-18-8-7-15(11-17(18)22)20(27)23-16-9-10-26(12-16)13-19-24-21(29-25-19)14-5-3-2-4-6-14/h2-8,11,16H,9-10,12-13H2,1H3,(H,23,27)/t16-/m0/s1. The van der Waals surface area contributed by atoms with Crippen LogP contribution in [-0.2, 0) is 6.54 Å². The summed E-state index contributed by atoms with van der Waals surface area (Å²) in [6, 6.07) is 13.8. The molecule has 0 radical (unpaired) electrons. The van der Waals surface area contributed by atoms with Crippen molar-refractivity contribution < 1.29 is 18.4 Å². The molecule has 1 fully saturated rings. The molecule has 1 saturated heterocycles. The van der Waals surface area contributed by atoms with Crippen LogP contribution in [0.1, 0.15) is 22.6 Å².